The van der Waals surface area contributed by atoms with Gasteiger partial charge in [-0.15, -0.1) is 15.0 Å². The summed E-state index contributed by atoms with van der Waals surface area (Å²) in [6, 6.07) is 47.1. The highest BCUT2D eigenvalue weighted by molar-refractivity contribution is 5.89. The number of ether oxygens (including phenoxy) is 1. The van der Waals surface area contributed by atoms with Crippen LogP contribution in [0.3, 0.4) is 0 Å². The Morgan fingerprint density at radius 2 is 1.25 bits per heavy atom. The van der Waals surface area contributed by atoms with Crippen LogP contribution in [0.5, 0.6) is 0 Å². The second kappa shape index (κ2) is 14.8. The third-order valence-corrected chi connectivity index (χ3v) is 9.47. The average molecular weight is 703 g/mol. The van der Waals surface area contributed by atoms with E-state index < -0.39 is 17.1 Å². The lowest BCUT2D eigenvalue weighted by Gasteiger charge is -2.34. The molecule has 1 N–H and O–H groups in total. The summed E-state index contributed by atoms with van der Waals surface area (Å²) >= 11 is 0. The van der Waals surface area contributed by atoms with E-state index in [0.29, 0.717) is 30.3 Å². The van der Waals surface area contributed by atoms with Crippen LogP contribution in [0.1, 0.15) is 72.0 Å². The quantitative estimate of drug-likeness (QED) is 0.101. The molecule has 0 amide bonds. The maximum atomic E-state index is 13.2. The second-order valence-electron chi connectivity index (χ2n) is 13.4. The first-order chi connectivity index (χ1) is 25.7. The highest BCUT2D eigenvalue weighted by Gasteiger charge is 2.41. The van der Waals surface area contributed by atoms with E-state index in [9.17, 15) is 9.90 Å². The molecule has 0 radical (unpaired) electrons. The van der Waals surface area contributed by atoms with Gasteiger partial charge in [0.05, 0.1) is 6.61 Å². The van der Waals surface area contributed by atoms with Gasteiger partial charge in [-0.3, -0.25) is 0 Å². The minimum absolute atomic E-state index is 0.221. The fourth-order valence-electron chi connectivity index (χ4n) is 7.02. The minimum atomic E-state index is -1.32. The van der Waals surface area contributed by atoms with Crippen LogP contribution in [0.15, 0.2) is 140 Å². The van der Waals surface area contributed by atoms with Crippen molar-refractivity contribution in [3.8, 4) is 22.5 Å². The number of esters is 1. The van der Waals surface area contributed by atoms with Gasteiger partial charge in [0.2, 0.25) is 5.82 Å². The number of benzene rings is 5. The van der Waals surface area contributed by atoms with Gasteiger partial charge in [-0.2, -0.15) is 0 Å². The molecule has 0 fully saturated rings. The molecule has 2 heterocycles. The average Bonchev–Trinajstić information content (AvgIpc) is 3.83. The monoisotopic (exact) mass is 702 g/mol. The number of aromatic nitrogens is 6. The van der Waals surface area contributed by atoms with Crippen LogP contribution >= 0.6 is 0 Å². The number of hydrogen-bond acceptors (Lipinski definition) is 7. The molecule has 7 rings (SSSR count). The number of imidazole rings is 1. The molecule has 0 aliphatic carbocycles. The Morgan fingerprint density at radius 3 is 1.75 bits per heavy atom. The number of aliphatic hydroxyl groups is 1. The summed E-state index contributed by atoms with van der Waals surface area (Å²) in [6.07, 6.45) is 0.585. The van der Waals surface area contributed by atoms with Gasteiger partial charge in [-0.25, -0.2) is 9.78 Å². The number of tetrazole rings is 1. The van der Waals surface area contributed by atoms with Crippen molar-refractivity contribution >= 4 is 5.97 Å². The molecule has 0 saturated heterocycles. The summed E-state index contributed by atoms with van der Waals surface area (Å²) in [5, 5.41) is 25.5. The fraction of sp³-hybridized carbons (Fsp3) is 0.205. The Labute approximate surface area is 309 Å². The minimum Gasteiger partial charge on any atom is -0.461 e. The molecule has 5 aromatic carbocycles. The number of aryl methyl sites for hydroxylation is 1. The van der Waals surface area contributed by atoms with Gasteiger partial charge >= 0.3 is 5.97 Å². The smallest absolute Gasteiger partial charge is 0.357 e. The summed E-state index contributed by atoms with van der Waals surface area (Å²) in [7, 11) is 0. The third kappa shape index (κ3) is 6.67. The van der Waals surface area contributed by atoms with Gasteiger partial charge in [0.1, 0.15) is 17.1 Å². The normalized spacial score (nSPS) is 11.8. The Kier molecular flexibility index (Phi) is 9.84. The Hall–Kier alpha value is -6.19. The number of rotatable bonds is 12. The molecule has 7 aromatic rings. The van der Waals surface area contributed by atoms with Crippen molar-refractivity contribution < 1.29 is 14.6 Å². The van der Waals surface area contributed by atoms with Crippen molar-refractivity contribution in [2.45, 2.75) is 51.8 Å². The summed E-state index contributed by atoms with van der Waals surface area (Å²) in [6.45, 7) is 7.62. The van der Waals surface area contributed by atoms with E-state index in [-0.39, 0.29) is 12.3 Å². The molecule has 53 heavy (non-hydrogen) atoms. The molecule has 9 heteroatoms. The number of carbonyl (C=O) groups is 1. The molecule has 0 aliphatic rings. The van der Waals surface area contributed by atoms with Crippen molar-refractivity contribution in [1.29, 1.82) is 0 Å². The van der Waals surface area contributed by atoms with Crippen LogP contribution in [0.4, 0.5) is 0 Å². The van der Waals surface area contributed by atoms with Crippen LogP contribution in [-0.2, 0) is 28.8 Å². The van der Waals surface area contributed by atoms with E-state index in [4.69, 9.17) is 20.1 Å². The van der Waals surface area contributed by atoms with Gasteiger partial charge in [0, 0.05) is 18.5 Å². The predicted octanol–water partition coefficient (Wildman–Crippen LogP) is 8.06. The largest absolute Gasteiger partial charge is 0.461 e. The van der Waals surface area contributed by atoms with Gasteiger partial charge < -0.3 is 14.4 Å². The zero-order chi connectivity index (χ0) is 37.0. The van der Waals surface area contributed by atoms with E-state index in [1.165, 1.54) is 0 Å². The Bertz CT molecular complexity index is 2210. The van der Waals surface area contributed by atoms with Gasteiger partial charge in [-0.05, 0) is 59.4 Å². The third-order valence-electron chi connectivity index (χ3n) is 9.47. The zero-order valence-electron chi connectivity index (χ0n) is 30.3. The molecular weight excluding hydrogens is 661 g/mol. The lowest BCUT2D eigenvalue weighted by molar-refractivity contribution is 0.0469. The molecular formula is C44H42N6O3. The van der Waals surface area contributed by atoms with Gasteiger partial charge in [-0.1, -0.05) is 146 Å². The van der Waals surface area contributed by atoms with E-state index in [1.807, 2.05) is 96.4 Å². The molecule has 0 bridgehead atoms. The summed E-state index contributed by atoms with van der Waals surface area (Å²) < 4.78 is 7.26. The molecule has 9 nitrogen and oxygen atoms in total. The van der Waals surface area contributed by atoms with Crippen LogP contribution in [0.25, 0.3) is 22.5 Å². The standard InChI is InChI=1S/C44H42N6O3/c1-5-38-45-40(43(3,4)52)39(42(51)53-6-2)49(38)30-31-26-28-32(29-27-31)36-24-16-17-25-37(36)41-46-48-50(47-41)44(33-18-10-7-11-19-33,34-20-12-8-13-21-34)35-22-14-9-15-23-35/h7-29,52H,5-6,30H2,1-4H3. The van der Waals surface area contributed by atoms with Gasteiger partial charge in [0.15, 0.2) is 11.2 Å². The molecule has 0 atom stereocenters. The van der Waals surface area contributed by atoms with Crippen LogP contribution in [-0.4, -0.2) is 47.4 Å². The summed E-state index contributed by atoms with van der Waals surface area (Å²) in [5.41, 5.74) is 5.16. The number of nitrogens with zero attached hydrogens (tertiary/aromatic N) is 6. The lowest BCUT2D eigenvalue weighted by atomic mass is 9.77. The van der Waals surface area contributed by atoms with E-state index in [0.717, 1.165) is 38.9 Å². The molecule has 0 unspecified atom stereocenters. The number of carbonyl (C=O) groups excluding carboxylic acids is 1. The predicted molar refractivity (Wildman–Crippen MR) is 205 cm³/mol. The fourth-order valence-corrected chi connectivity index (χ4v) is 7.02. The SMILES string of the molecule is CCOC(=O)c1c(C(C)(C)O)nc(CC)n1Cc1ccc(-c2ccccc2-c2nnn(C(c3ccccc3)(c3ccccc3)c3ccccc3)n2)cc1. The highest BCUT2D eigenvalue weighted by atomic mass is 16.5. The summed E-state index contributed by atoms with van der Waals surface area (Å²) in [5.74, 6) is 0.700. The van der Waals surface area contributed by atoms with Crippen molar-refractivity contribution in [3.05, 3.63) is 179 Å². The van der Waals surface area contributed by atoms with Gasteiger partial charge in [0.25, 0.3) is 0 Å². The topological polar surface area (TPSA) is 108 Å². The molecule has 0 spiro atoms. The molecule has 2 aromatic heterocycles. The maximum Gasteiger partial charge on any atom is 0.357 e. The zero-order valence-corrected chi connectivity index (χ0v) is 30.3. The van der Waals surface area contributed by atoms with E-state index in [2.05, 4.69) is 59.6 Å². The summed E-state index contributed by atoms with van der Waals surface area (Å²) in [4.78, 5) is 19.6. The Balaban J connectivity index is 1.28. The van der Waals surface area contributed by atoms with Crippen molar-refractivity contribution in [2.24, 2.45) is 0 Å². The van der Waals surface area contributed by atoms with E-state index >= 15 is 0 Å². The van der Waals surface area contributed by atoms with Crippen molar-refractivity contribution in [2.75, 3.05) is 6.61 Å². The first-order valence-corrected chi connectivity index (χ1v) is 17.9. The molecule has 0 aliphatic heterocycles. The Morgan fingerprint density at radius 1 is 0.717 bits per heavy atom. The van der Waals surface area contributed by atoms with Crippen LogP contribution in [0, 0.1) is 0 Å². The van der Waals surface area contributed by atoms with Crippen molar-refractivity contribution in [3.63, 3.8) is 0 Å². The van der Waals surface area contributed by atoms with Crippen LogP contribution < -0.4 is 0 Å². The maximum absolute atomic E-state index is 13.2. The molecule has 266 valence electrons. The first-order valence-electron chi connectivity index (χ1n) is 17.9. The highest BCUT2D eigenvalue weighted by Crippen LogP contribution is 2.40. The van der Waals surface area contributed by atoms with E-state index in [1.54, 1.807) is 25.6 Å². The molecule has 0 saturated carbocycles. The first kappa shape index (κ1) is 35.2. The lowest BCUT2D eigenvalue weighted by Crippen LogP contribution is -2.39. The second-order valence-corrected chi connectivity index (χ2v) is 13.4. The van der Waals surface area contributed by atoms with Crippen molar-refractivity contribution in [1.82, 2.24) is 29.8 Å². The van der Waals surface area contributed by atoms with Crippen LogP contribution in [0.2, 0.25) is 0 Å². The number of hydrogen-bond donors (Lipinski definition) is 1.